The van der Waals surface area contributed by atoms with E-state index in [0.717, 1.165) is 44.0 Å². The molecule has 0 spiro atoms. The Labute approximate surface area is 200 Å². The minimum absolute atomic E-state index is 0. The number of piperazine rings is 1. The van der Waals surface area contributed by atoms with Crippen molar-refractivity contribution in [2.75, 3.05) is 53.6 Å². The summed E-state index contributed by atoms with van der Waals surface area (Å²) in [6, 6.07) is 3.78. The number of aromatic nitrogens is 1. The molecule has 1 aliphatic heterocycles. The molecule has 2 aromatic rings. The summed E-state index contributed by atoms with van der Waals surface area (Å²) in [5.74, 6) is 3.42. The average Bonchev–Trinajstić information content (AvgIpc) is 2.75. The van der Waals surface area contributed by atoms with E-state index in [1.807, 2.05) is 6.07 Å². The number of likely N-dealkylation sites (N-methyl/N-ethyl adjacent to an activating group) is 1. The summed E-state index contributed by atoms with van der Waals surface area (Å²) in [7, 11) is -1.76. The topological polar surface area (TPSA) is 121 Å². The van der Waals surface area contributed by atoms with Crippen LogP contribution in [0.4, 0.5) is 25.8 Å². The minimum Gasteiger partial charge on any atom is -0.397 e. The van der Waals surface area contributed by atoms with Crippen molar-refractivity contribution in [3.8, 4) is 0 Å². The van der Waals surface area contributed by atoms with Gasteiger partial charge in [0.15, 0.2) is 11.6 Å². The standard InChI is InChI=1S/C22H31F2N7O2S.H2/c1-15(2)14-34(32,33)28-20-5-4-18(23)22(21(20)24)31(26)13-19(25)16-10-17(12-27-11-16)30-8-6-29(3)7-9-30;/h4-5,10-13,15,28H,6-9,14,25-26H2,1-3H3;1H/b19-13-;. The highest BCUT2D eigenvalue weighted by Gasteiger charge is 2.22. The molecule has 2 heterocycles. The lowest BCUT2D eigenvalue weighted by atomic mass is 10.2. The molecular formula is C22H33F2N7O2S. The average molecular weight is 498 g/mol. The third kappa shape index (κ3) is 6.33. The number of hydrogen-bond acceptors (Lipinski definition) is 8. The van der Waals surface area contributed by atoms with Crippen molar-refractivity contribution in [2.24, 2.45) is 17.5 Å². The number of nitrogens with two attached hydrogens (primary N) is 2. The molecule has 1 fully saturated rings. The maximum atomic E-state index is 15.1. The van der Waals surface area contributed by atoms with Crippen LogP contribution >= 0.6 is 0 Å². The van der Waals surface area contributed by atoms with E-state index in [2.05, 4.69) is 26.6 Å². The molecule has 0 radical (unpaired) electrons. The Morgan fingerprint density at radius 3 is 2.59 bits per heavy atom. The predicted molar refractivity (Wildman–Crippen MR) is 133 cm³/mol. The zero-order valence-electron chi connectivity index (χ0n) is 19.5. The Balaban J connectivity index is 0.00000432. The summed E-state index contributed by atoms with van der Waals surface area (Å²) in [5.41, 5.74) is 6.66. The first-order chi connectivity index (χ1) is 16.0. The first-order valence-corrected chi connectivity index (χ1v) is 12.5. The molecular weight excluding hydrogens is 464 g/mol. The van der Waals surface area contributed by atoms with E-state index in [0.29, 0.717) is 10.6 Å². The maximum absolute atomic E-state index is 15.1. The second kappa shape index (κ2) is 10.5. The fraction of sp³-hybridized carbons (Fsp3) is 0.409. The molecule has 12 heteroatoms. The fourth-order valence-electron chi connectivity index (χ4n) is 3.62. The Hall–Kier alpha value is -2.96. The van der Waals surface area contributed by atoms with E-state index in [1.165, 1.54) is 12.4 Å². The van der Waals surface area contributed by atoms with Gasteiger partial charge in [0.05, 0.1) is 29.0 Å². The van der Waals surface area contributed by atoms with Crippen molar-refractivity contribution in [1.29, 1.82) is 0 Å². The number of nitrogens with one attached hydrogen (secondary N) is 1. The van der Waals surface area contributed by atoms with Gasteiger partial charge in [-0.1, -0.05) is 13.8 Å². The molecule has 0 bridgehead atoms. The molecule has 1 aromatic heterocycles. The van der Waals surface area contributed by atoms with Crippen LogP contribution < -0.4 is 26.2 Å². The van der Waals surface area contributed by atoms with Crippen LogP contribution in [-0.2, 0) is 10.0 Å². The van der Waals surface area contributed by atoms with Gasteiger partial charge >= 0.3 is 0 Å². The summed E-state index contributed by atoms with van der Waals surface area (Å²) in [4.78, 5) is 8.64. The molecule has 1 saturated heterocycles. The highest BCUT2D eigenvalue weighted by Crippen LogP contribution is 2.29. The van der Waals surface area contributed by atoms with Crippen molar-refractivity contribution in [1.82, 2.24) is 9.88 Å². The summed E-state index contributed by atoms with van der Waals surface area (Å²) < 4.78 is 56.1. The quantitative estimate of drug-likeness (QED) is 0.376. The van der Waals surface area contributed by atoms with Gasteiger partial charge in [-0.15, -0.1) is 0 Å². The van der Waals surface area contributed by atoms with E-state index in [-0.39, 0.29) is 18.8 Å². The van der Waals surface area contributed by atoms with Crippen LogP contribution in [-0.4, -0.2) is 57.3 Å². The van der Waals surface area contributed by atoms with E-state index < -0.39 is 33.0 Å². The van der Waals surface area contributed by atoms with Gasteiger partial charge in [0.25, 0.3) is 0 Å². The highest BCUT2D eigenvalue weighted by molar-refractivity contribution is 7.92. The maximum Gasteiger partial charge on any atom is 0.233 e. The molecule has 188 valence electrons. The van der Waals surface area contributed by atoms with Crippen LogP contribution in [0.5, 0.6) is 0 Å². The smallest absolute Gasteiger partial charge is 0.233 e. The summed E-state index contributed by atoms with van der Waals surface area (Å²) in [5, 5.41) is 0.697. The van der Waals surface area contributed by atoms with Gasteiger partial charge in [0, 0.05) is 45.6 Å². The number of pyridine rings is 1. The van der Waals surface area contributed by atoms with Gasteiger partial charge < -0.3 is 15.5 Å². The molecule has 1 aromatic carbocycles. The number of hydrazine groups is 1. The number of benzene rings is 1. The second-order valence-corrected chi connectivity index (χ2v) is 10.5. The van der Waals surface area contributed by atoms with Crippen molar-refractivity contribution < 1.29 is 18.6 Å². The predicted octanol–water partition coefficient (Wildman–Crippen LogP) is 2.39. The number of halogens is 2. The molecule has 9 nitrogen and oxygen atoms in total. The minimum atomic E-state index is -3.82. The third-order valence-corrected chi connectivity index (χ3v) is 6.98. The van der Waals surface area contributed by atoms with Crippen LogP contribution in [0.1, 0.15) is 20.8 Å². The lowest BCUT2D eigenvalue weighted by Crippen LogP contribution is -2.44. The van der Waals surface area contributed by atoms with E-state index in [4.69, 9.17) is 11.6 Å². The summed E-state index contributed by atoms with van der Waals surface area (Å²) in [6.07, 6.45) is 4.43. The molecule has 0 atom stereocenters. The van der Waals surface area contributed by atoms with Gasteiger partial charge in [0.1, 0.15) is 5.69 Å². The van der Waals surface area contributed by atoms with Crippen LogP contribution in [0.3, 0.4) is 0 Å². The normalized spacial score (nSPS) is 15.6. The van der Waals surface area contributed by atoms with Gasteiger partial charge in [-0.05, 0) is 31.2 Å². The van der Waals surface area contributed by atoms with Crippen molar-refractivity contribution in [3.63, 3.8) is 0 Å². The largest absolute Gasteiger partial charge is 0.397 e. The SMILES string of the molecule is CC(C)CS(=O)(=O)Nc1ccc(F)c(N(N)/C=C(\N)c2cncc(N3CCN(C)CC3)c2)c1F.[HH]. The van der Waals surface area contributed by atoms with E-state index >= 15 is 4.39 Å². The number of sulfonamides is 1. The fourth-order valence-corrected chi connectivity index (χ4v) is 5.07. The second-order valence-electron chi connectivity index (χ2n) is 8.75. The zero-order valence-corrected chi connectivity index (χ0v) is 20.3. The number of hydrogen-bond donors (Lipinski definition) is 3. The molecule has 3 rings (SSSR count). The van der Waals surface area contributed by atoms with E-state index in [1.54, 1.807) is 20.0 Å². The third-order valence-electron chi connectivity index (χ3n) is 5.35. The lowest BCUT2D eigenvalue weighted by Gasteiger charge is -2.34. The highest BCUT2D eigenvalue weighted by atomic mass is 32.2. The Morgan fingerprint density at radius 2 is 1.94 bits per heavy atom. The Kier molecular flexibility index (Phi) is 7.95. The molecule has 0 saturated carbocycles. The molecule has 5 N–H and O–H groups in total. The first-order valence-electron chi connectivity index (χ1n) is 10.9. The molecule has 1 aliphatic rings. The molecule has 0 aliphatic carbocycles. The van der Waals surface area contributed by atoms with Crippen LogP contribution in [0.25, 0.3) is 5.70 Å². The summed E-state index contributed by atoms with van der Waals surface area (Å²) >= 11 is 0. The first kappa shape index (κ1) is 25.7. The Bertz CT molecular complexity index is 1160. The van der Waals surface area contributed by atoms with Crippen LogP contribution in [0, 0.1) is 17.6 Å². The number of anilines is 3. The van der Waals surface area contributed by atoms with Crippen LogP contribution in [0.15, 0.2) is 36.8 Å². The molecule has 0 unspecified atom stereocenters. The molecule has 0 amide bonds. The van der Waals surface area contributed by atoms with Crippen molar-refractivity contribution in [2.45, 2.75) is 13.8 Å². The Morgan fingerprint density at radius 1 is 1.26 bits per heavy atom. The van der Waals surface area contributed by atoms with Gasteiger partial charge in [-0.25, -0.2) is 23.0 Å². The zero-order chi connectivity index (χ0) is 25.0. The van der Waals surface area contributed by atoms with Crippen molar-refractivity contribution >= 4 is 32.8 Å². The van der Waals surface area contributed by atoms with Gasteiger partial charge in [-0.3, -0.25) is 14.7 Å². The van der Waals surface area contributed by atoms with Crippen molar-refractivity contribution in [3.05, 3.63) is 54.0 Å². The summed E-state index contributed by atoms with van der Waals surface area (Å²) in [6.45, 7) is 6.95. The monoisotopic (exact) mass is 497 g/mol. The van der Waals surface area contributed by atoms with Crippen LogP contribution in [0.2, 0.25) is 0 Å². The van der Waals surface area contributed by atoms with E-state index in [9.17, 15) is 12.8 Å². The molecule has 34 heavy (non-hydrogen) atoms. The van der Waals surface area contributed by atoms with Gasteiger partial charge in [0.2, 0.25) is 10.0 Å². The van der Waals surface area contributed by atoms with Gasteiger partial charge in [-0.2, -0.15) is 0 Å². The number of nitrogens with zero attached hydrogens (tertiary/aromatic N) is 4. The lowest BCUT2D eigenvalue weighted by molar-refractivity contribution is 0.313. The number of rotatable bonds is 8.